The highest BCUT2D eigenvalue weighted by molar-refractivity contribution is 5.79. The predicted octanol–water partition coefficient (Wildman–Crippen LogP) is 3.32. The maximum atomic E-state index is 5.96. The first kappa shape index (κ1) is 10.5. The van der Waals surface area contributed by atoms with Crippen molar-refractivity contribution in [2.45, 2.75) is 19.3 Å². The largest absolute Gasteiger partial charge is 0.330 e. The first-order valence-corrected chi connectivity index (χ1v) is 6.27. The van der Waals surface area contributed by atoms with Crippen molar-refractivity contribution in [3.05, 3.63) is 59.2 Å². The molecule has 0 amide bonds. The fraction of sp³-hybridized carbons (Fsp3) is 0.250. The summed E-state index contributed by atoms with van der Waals surface area (Å²) in [6.07, 6.45) is 1.08. The number of hydrogen-bond acceptors (Lipinski definition) is 1. The molecular weight excluding hydrogens is 206 g/mol. The fourth-order valence-electron chi connectivity index (χ4n) is 2.83. The Hall–Kier alpha value is -1.60. The van der Waals surface area contributed by atoms with Crippen LogP contribution in [-0.2, 0) is 6.42 Å². The molecule has 1 nitrogen and oxygen atoms in total. The van der Waals surface area contributed by atoms with Crippen molar-refractivity contribution in [2.24, 2.45) is 5.73 Å². The van der Waals surface area contributed by atoms with E-state index in [1.54, 1.807) is 0 Å². The molecule has 86 valence electrons. The lowest BCUT2D eigenvalue weighted by molar-refractivity contribution is 0.838. The molecule has 2 aromatic carbocycles. The van der Waals surface area contributed by atoms with Crippen molar-refractivity contribution in [1.29, 1.82) is 0 Å². The van der Waals surface area contributed by atoms with Crippen LogP contribution in [0.4, 0.5) is 0 Å². The van der Waals surface area contributed by atoms with E-state index in [-0.39, 0.29) is 0 Å². The van der Waals surface area contributed by atoms with Gasteiger partial charge in [0.05, 0.1) is 0 Å². The zero-order valence-corrected chi connectivity index (χ0v) is 10.1. The third kappa shape index (κ3) is 1.50. The summed E-state index contributed by atoms with van der Waals surface area (Å²) in [5.74, 6) is 0.382. The molecule has 0 fully saturated rings. The average molecular weight is 223 g/mol. The highest BCUT2D eigenvalue weighted by atomic mass is 14.6. The predicted molar refractivity (Wildman–Crippen MR) is 72.2 cm³/mol. The molecule has 3 rings (SSSR count). The van der Waals surface area contributed by atoms with E-state index < -0.39 is 0 Å². The molecule has 0 saturated heterocycles. The Morgan fingerprint density at radius 1 is 1.00 bits per heavy atom. The molecule has 0 aliphatic heterocycles. The lowest BCUT2D eigenvalue weighted by atomic mass is 9.95. The molecule has 1 unspecified atom stereocenters. The van der Waals surface area contributed by atoms with Crippen LogP contribution in [0.1, 0.15) is 29.5 Å². The third-order valence-electron chi connectivity index (χ3n) is 3.76. The average Bonchev–Trinajstić information content (AvgIpc) is 2.71. The van der Waals surface area contributed by atoms with Gasteiger partial charge in [-0.05, 0) is 34.2 Å². The molecule has 0 bridgehead atoms. The second-order valence-electron chi connectivity index (χ2n) is 4.65. The topological polar surface area (TPSA) is 26.0 Å². The molecule has 1 aliphatic rings. The van der Waals surface area contributed by atoms with E-state index in [4.69, 9.17) is 5.73 Å². The lowest BCUT2D eigenvalue weighted by Crippen LogP contribution is -2.11. The van der Waals surface area contributed by atoms with Gasteiger partial charge in [-0.2, -0.15) is 0 Å². The minimum atomic E-state index is 0.382. The Morgan fingerprint density at radius 3 is 2.53 bits per heavy atom. The number of nitrogens with two attached hydrogens (primary N) is 1. The third-order valence-corrected chi connectivity index (χ3v) is 3.76. The minimum Gasteiger partial charge on any atom is -0.330 e. The van der Waals surface area contributed by atoms with Crippen LogP contribution in [0.5, 0.6) is 0 Å². The maximum absolute atomic E-state index is 5.96. The van der Waals surface area contributed by atoms with Crippen molar-refractivity contribution in [1.82, 2.24) is 0 Å². The van der Waals surface area contributed by atoms with Crippen molar-refractivity contribution in [2.75, 3.05) is 6.54 Å². The smallest absolute Gasteiger partial charge is 0.0224 e. The van der Waals surface area contributed by atoms with Crippen molar-refractivity contribution in [3.8, 4) is 11.1 Å². The first-order chi connectivity index (χ1) is 8.35. The van der Waals surface area contributed by atoms with E-state index in [1.165, 1.54) is 27.8 Å². The second-order valence-corrected chi connectivity index (χ2v) is 4.65. The number of benzene rings is 2. The molecule has 0 saturated carbocycles. The SMILES string of the molecule is CCc1ccc2c(c1)C(CN)c1ccccc1-2. The fourth-order valence-corrected chi connectivity index (χ4v) is 2.83. The van der Waals surface area contributed by atoms with Gasteiger partial charge in [0.25, 0.3) is 0 Å². The Balaban J connectivity index is 2.23. The molecule has 2 aromatic rings. The molecule has 0 spiro atoms. The van der Waals surface area contributed by atoms with Gasteiger partial charge in [-0.15, -0.1) is 0 Å². The zero-order chi connectivity index (χ0) is 11.8. The van der Waals surface area contributed by atoms with Gasteiger partial charge in [-0.3, -0.25) is 0 Å². The zero-order valence-electron chi connectivity index (χ0n) is 10.1. The van der Waals surface area contributed by atoms with E-state index in [9.17, 15) is 0 Å². The maximum Gasteiger partial charge on any atom is 0.0224 e. The molecule has 0 radical (unpaired) electrons. The summed E-state index contributed by atoms with van der Waals surface area (Å²) >= 11 is 0. The second kappa shape index (κ2) is 4.01. The van der Waals surface area contributed by atoms with Gasteiger partial charge in [0, 0.05) is 12.5 Å². The number of hydrogen-bond donors (Lipinski definition) is 1. The van der Waals surface area contributed by atoms with Crippen LogP contribution in [0.15, 0.2) is 42.5 Å². The number of fused-ring (bicyclic) bond motifs is 3. The quantitative estimate of drug-likeness (QED) is 0.830. The van der Waals surface area contributed by atoms with E-state index >= 15 is 0 Å². The summed E-state index contributed by atoms with van der Waals surface area (Å²) in [7, 11) is 0. The summed E-state index contributed by atoms with van der Waals surface area (Å²) in [6, 6.07) is 15.4. The summed E-state index contributed by atoms with van der Waals surface area (Å²) in [6.45, 7) is 2.89. The summed E-state index contributed by atoms with van der Waals surface area (Å²) in [5.41, 5.74) is 12.9. The molecule has 1 aliphatic carbocycles. The Morgan fingerprint density at radius 2 is 1.76 bits per heavy atom. The van der Waals surface area contributed by atoms with E-state index in [1.807, 2.05) is 0 Å². The van der Waals surface area contributed by atoms with Crippen LogP contribution < -0.4 is 5.73 Å². The van der Waals surface area contributed by atoms with E-state index in [0.717, 1.165) is 6.42 Å². The molecule has 17 heavy (non-hydrogen) atoms. The van der Waals surface area contributed by atoms with Crippen LogP contribution in [-0.4, -0.2) is 6.54 Å². The van der Waals surface area contributed by atoms with Gasteiger partial charge in [0.1, 0.15) is 0 Å². The molecular formula is C16H17N. The van der Waals surface area contributed by atoms with Gasteiger partial charge >= 0.3 is 0 Å². The van der Waals surface area contributed by atoms with Crippen LogP contribution >= 0.6 is 0 Å². The van der Waals surface area contributed by atoms with Gasteiger partial charge in [-0.1, -0.05) is 49.4 Å². The highest BCUT2D eigenvalue weighted by Gasteiger charge is 2.26. The van der Waals surface area contributed by atoms with Crippen molar-refractivity contribution < 1.29 is 0 Å². The van der Waals surface area contributed by atoms with Crippen molar-refractivity contribution >= 4 is 0 Å². The standard InChI is InChI=1S/C16H17N/c1-2-11-7-8-14-12-5-3-4-6-13(12)16(10-17)15(14)9-11/h3-9,16H,2,10,17H2,1H3. The molecule has 0 heterocycles. The van der Waals surface area contributed by atoms with Crippen LogP contribution in [0.3, 0.4) is 0 Å². The summed E-state index contributed by atoms with van der Waals surface area (Å²) in [5, 5.41) is 0. The Bertz CT molecular complexity index is 557. The van der Waals surface area contributed by atoms with Crippen molar-refractivity contribution in [3.63, 3.8) is 0 Å². The normalized spacial score (nSPS) is 16.7. The Labute approximate surface area is 102 Å². The number of aryl methyl sites for hydroxylation is 1. The van der Waals surface area contributed by atoms with Crippen LogP contribution in [0, 0.1) is 0 Å². The Kier molecular flexibility index (Phi) is 2.49. The highest BCUT2D eigenvalue weighted by Crippen LogP contribution is 2.44. The number of rotatable bonds is 2. The van der Waals surface area contributed by atoms with E-state index in [2.05, 4.69) is 49.4 Å². The molecule has 1 atom stereocenters. The molecule has 0 aromatic heterocycles. The monoisotopic (exact) mass is 223 g/mol. The molecule has 2 N–H and O–H groups in total. The first-order valence-electron chi connectivity index (χ1n) is 6.27. The van der Waals surface area contributed by atoms with Gasteiger partial charge < -0.3 is 5.73 Å². The van der Waals surface area contributed by atoms with Crippen LogP contribution in [0.25, 0.3) is 11.1 Å². The summed E-state index contributed by atoms with van der Waals surface area (Å²) < 4.78 is 0. The minimum absolute atomic E-state index is 0.382. The van der Waals surface area contributed by atoms with Gasteiger partial charge in [0.15, 0.2) is 0 Å². The molecule has 1 heteroatoms. The van der Waals surface area contributed by atoms with E-state index in [0.29, 0.717) is 12.5 Å². The summed E-state index contributed by atoms with van der Waals surface area (Å²) in [4.78, 5) is 0. The van der Waals surface area contributed by atoms with Gasteiger partial charge in [-0.25, -0.2) is 0 Å². The van der Waals surface area contributed by atoms with Crippen LogP contribution in [0.2, 0.25) is 0 Å². The van der Waals surface area contributed by atoms with Gasteiger partial charge in [0.2, 0.25) is 0 Å². The lowest BCUT2D eigenvalue weighted by Gasteiger charge is -2.11.